The zero-order valence-corrected chi connectivity index (χ0v) is 8.95. The molecule has 18 heavy (non-hydrogen) atoms. The predicted molar refractivity (Wildman–Crippen MR) is 59.0 cm³/mol. The van der Waals surface area contributed by atoms with Crippen LogP contribution in [0.3, 0.4) is 0 Å². The van der Waals surface area contributed by atoms with Crippen molar-refractivity contribution in [3.8, 4) is 5.75 Å². The van der Waals surface area contributed by atoms with Crippen LogP contribution in [0.4, 0.5) is 5.69 Å². The highest BCUT2D eigenvalue weighted by atomic mass is 16.5. The van der Waals surface area contributed by atoms with Crippen molar-refractivity contribution < 1.29 is 24.7 Å². The maximum atomic E-state index is 11.4. The molecule has 0 bridgehead atoms. The minimum Gasteiger partial charge on any atom is -0.507 e. The van der Waals surface area contributed by atoms with E-state index in [1.165, 1.54) is 17.6 Å². The molecule has 0 atom stereocenters. The molecule has 0 fully saturated rings. The fraction of sp³-hybridized carbons (Fsp3) is 0. The SMILES string of the molecule is O=C(NO)c1ccc(N2C(=O)C=CC2=O)cc1O. The molecule has 0 spiro atoms. The predicted octanol–water partition coefficient (Wildman–Crippen LogP) is -0.0594. The Kier molecular flexibility index (Phi) is 2.82. The molecule has 0 saturated heterocycles. The number of nitrogens with zero attached hydrogens (tertiary/aromatic N) is 1. The van der Waals surface area contributed by atoms with Crippen molar-refractivity contribution in [3.63, 3.8) is 0 Å². The fourth-order valence-electron chi connectivity index (χ4n) is 1.57. The van der Waals surface area contributed by atoms with Gasteiger partial charge in [0.25, 0.3) is 17.7 Å². The fourth-order valence-corrected chi connectivity index (χ4v) is 1.57. The Balaban J connectivity index is 2.38. The van der Waals surface area contributed by atoms with Crippen LogP contribution in [0.2, 0.25) is 0 Å². The van der Waals surface area contributed by atoms with Gasteiger partial charge in [0.2, 0.25) is 0 Å². The van der Waals surface area contributed by atoms with Gasteiger partial charge in [-0.1, -0.05) is 0 Å². The molecule has 3 amide bonds. The lowest BCUT2D eigenvalue weighted by Gasteiger charge is -2.14. The third-order valence-corrected chi connectivity index (χ3v) is 2.39. The largest absolute Gasteiger partial charge is 0.507 e. The van der Waals surface area contributed by atoms with Crippen molar-refractivity contribution in [2.75, 3.05) is 4.90 Å². The van der Waals surface area contributed by atoms with Crippen LogP contribution in [-0.2, 0) is 9.59 Å². The molecule has 0 radical (unpaired) electrons. The Hall–Kier alpha value is -2.67. The number of phenolic OH excluding ortho intramolecular Hbond substituents is 1. The van der Waals surface area contributed by atoms with Crippen LogP contribution in [-0.4, -0.2) is 28.0 Å². The van der Waals surface area contributed by atoms with E-state index in [0.29, 0.717) is 0 Å². The van der Waals surface area contributed by atoms with Crippen LogP contribution in [0, 0.1) is 0 Å². The third kappa shape index (κ3) is 1.82. The van der Waals surface area contributed by atoms with Crippen molar-refractivity contribution in [3.05, 3.63) is 35.9 Å². The van der Waals surface area contributed by atoms with Crippen LogP contribution in [0.5, 0.6) is 5.75 Å². The number of rotatable bonds is 2. The molecular formula is C11H8N2O5. The van der Waals surface area contributed by atoms with Gasteiger partial charge in [-0.05, 0) is 12.1 Å². The van der Waals surface area contributed by atoms with E-state index >= 15 is 0 Å². The lowest BCUT2D eigenvalue weighted by molar-refractivity contribution is -0.119. The molecule has 92 valence electrons. The zero-order chi connectivity index (χ0) is 13.3. The van der Waals surface area contributed by atoms with Crippen molar-refractivity contribution in [2.24, 2.45) is 0 Å². The van der Waals surface area contributed by atoms with Crippen molar-refractivity contribution in [1.82, 2.24) is 5.48 Å². The van der Waals surface area contributed by atoms with Crippen molar-refractivity contribution >= 4 is 23.4 Å². The Labute approximate surface area is 101 Å². The summed E-state index contributed by atoms with van der Waals surface area (Å²) in [6.45, 7) is 0. The molecule has 0 aromatic heterocycles. The molecule has 7 nitrogen and oxygen atoms in total. The summed E-state index contributed by atoms with van der Waals surface area (Å²) in [5.41, 5.74) is 1.34. The minimum atomic E-state index is -0.892. The second-order valence-electron chi connectivity index (χ2n) is 3.49. The van der Waals surface area contributed by atoms with Crippen LogP contribution < -0.4 is 10.4 Å². The van der Waals surface area contributed by atoms with Gasteiger partial charge in [0.15, 0.2) is 0 Å². The second kappa shape index (κ2) is 4.30. The number of hydroxylamine groups is 1. The number of anilines is 1. The number of hydrogen-bond acceptors (Lipinski definition) is 5. The van der Waals surface area contributed by atoms with E-state index in [0.717, 1.165) is 23.1 Å². The maximum Gasteiger partial charge on any atom is 0.278 e. The first-order chi connectivity index (χ1) is 8.54. The summed E-state index contributed by atoms with van der Waals surface area (Å²) in [6.07, 6.45) is 2.21. The molecule has 7 heteroatoms. The Morgan fingerprint density at radius 1 is 1.17 bits per heavy atom. The minimum absolute atomic E-state index is 0.141. The highest BCUT2D eigenvalue weighted by Gasteiger charge is 2.26. The highest BCUT2D eigenvalue weighted by Crippen LogP contribution is 2.26. The number of aromatic hydroxyl groups is 1. The van der Waals surface area contributed by atoms with E-state index in [9.17, 15) is 19.5 Å². The first-order valence-corrected chi connectivity index (χ1v) is 4.88. The second-order valence-corrected chi connectivity index (χ2v) is 3.49. The van der Waals surface area contributed by atoms with E-state index in [2.05, 4.69) is 0 Å². The topological polar surface area (TPSA) is 107 Å². The van der Waals surface area contributed by atoms with Crippen LogP contribution >= 0.6 is 0 Å². The van der Waals surface area contributed by atoms with Crippen LogP contribution in [0.15, 0.2) is 30.4 Å². The molecule has 1 aromatic carbocycles. The summed E-state index contributed by atoms with van der Waals surface area (Å²) in [5, 5.41) is 18.0. The molecule has 0 unspecified atom stereocenters. The summed E-state index contributed by atoms with van der Waals surface area (Å²) in [6, 6.07) is 3.59. The number of nitrogens with one attached hydrogen (secondary N) is 1. The first kappa shape index (κ1) is 11.8. The first-order valence-electron chi connectivity index (χ1n) is 4.88. The van der Waals surface area contributed by atoms with Gasteiger partial charge in [-0.2, -0.15) is 0 Å². The maximum absolute atomic E-state index is 11.4. The van der Waals surface area contributed by atoms with Crippen LogP contribution in [0.1, 0.15) is 10.4 Å². The number of phenols is 1. The molecule has 1 aliphatic heterocycles. The summed E-state index contributed by atoms with van der Waals surface area (Å²) in [7, 11) is 0. The van der Waals surface area contributed by atoms with Gasteiger partial charge >= 0.3 is 0 Å². The highest BCUT2D eigenvalue weighted by molar-refractivity contribution is 6.28. The Morgan fingerprint density at radius 2 is 1.78 bits per heavy atom. The summed E-state index contributed by atoms with van der Waals surface area (Å²) < 4.78 is 0. The van der Waals surface area contributed by atoms with Crippen LogP contribution in [0.25, 0.3) is 0 Å². The Morgan fingerprint density at radius 3 is 2.28 bits per heavy atom. The van der Waals surface area contributed by atoms with E-state index < -0.39 is 23.5 Å². The van der Waals surface area contributed by atoms with Gasteiger partial charge in [-0.15, -0.1) is 0 Å². The molecule has 0 aliphatic carbocycles. The lowest BCUT2D eigenvalue weighted by atomic mass is 10.1. The monoisotopic (exact) mass is 248 g/mol. The molecule has 0 saturated carbocycles. The number of benzene rings is 1. The molecule has 3 N–H and O–H groups in total. The Bertz CT molecular complexity index is 561. The molecule has 1 heterocycles. The van der Waals surface area contributed by atoms with E-state index in [-0.39, 0.29) is 11.3 Å². The van der Waals surface area contributed by atoms with Gasteiger partial charge < -0.3 is 5.11 Å². The molecule has 2 rings (SSSR count). The lowest BCUT2D eigenvalue weighted by Crippen LogP contribution is -2.29. The summed E-state index contributed by atoms with van der Waals surface area (Å²) >= 11 is 0. The van der Waals surface area contributed by atoms with Crippen molar-refractivity contribution in [2.45, 2.75) is 0 Å². The quantitative estimate of drug-likeness (QED) is 0.386. The molecular weight excluding hydrogens is 240 g/mol. The smallest absolute Gasteiger partial charge is 0.278 e. The van der Waals surface area contributed by atoms with Gasteiger partial charge in [0, 0.05) is 18.2 Å². The average molecular weight is 248 g/mol. The third-order valence-electron chi connectivity index (χ3n) is 2.39. The number of amides is 3. The molecule has 1 aliphatic rings. The van der Waals surface area contributed by atoms with E-state index in [4.69, 9.17) is 5.21 Å². The van der Waals surface area contributed by atoms with E-state index in [1.54, 1.807) is 0 Å². The standard InChI is InChI=1S/C11H8N2O5/c14-8-5-6(1-2-7(8)11(17)12-18)13-9(15)3-4-10(13)16/h1-5,14,18H,(H,12,17). The number of hydrogen-bond donors (Lipinski definition) is 3. The van der Waals surface area contributed by atoms with Gasteiger partial charge in [0.05, 0.1) is 11.3 Å². The number of carbonyl (C=O) groups excluding carboxylic acids is 3. The normalized spacial score (nSPS) is 14.2. The van der Waals surface area contributed by atoms with Gasteiger partial charge in [0.1, 0.15) is 5.75 Å². The number of imide groups is 1. The van der Waals surface area contributed by atoms with Gasteiger partial charge in [-0.3, -0.25) is 19.6 Å². The van der Waals surface area contributed by atoms with Gasteiger partial charge in [-0.25, -0.2) is 10.4 Å². The summed E-state index contributed by atoms with van der Waals surface area (Å²) in [4.78, 5) is 34.7. The van der Waals surface area contributed by atoms with E-state index in [1.807, 2.05) is 0 Å². The molecule has 1 aromatic rings. The number of carbonyl (C=O) groups is 3. The summed E-state index contributed by atoms with van der Waals surface area (Å²) in [5.74, 6) is -2.40. The zero-order valence-electron chi connectivity index (χ0n) is 8.95. The average Bonchev–Trinajstić information content (AvgIpc) is 2.68. The van der Waals surface area contributed by atoms with Crippen molar-refractivity contribution in [1.29, 1.82) is 0 Å².